The molecule has 1 aromatic carbocycles. The fraction of sp³-hybridized carbons (Fsp3) is 0.182. The van der Waals surface area contributed by atoms with Crippen LogP contribution in [0.25, 0.3) is 0 Å². The molecule has 17 heavy (non-hydrogen) atoms. The highest BCUT2D eigenvalue weighted by Gasteiger charge is 2.09. The monoisotopic (exact) mass is 231 g/mol. The van der Waals surface area contributed by atoms with E-state index in [0.29, 0.717) is 23.6 Å². The summed E-state index contributed by atoms with van der Waals surface area (Å²) in [5.74, 6) is 0.436. The van der Waals surface area contributed by atoms with Crippen molar-refractivity contribution in [3.63, 3.8) is 0 Å². The van der Waals surface area contributed by atoms with Gasteiger partial charge in [0.15, 0.2) is 0 Å². The zero-order chi connectivity index (χ0) is 12.3. The number of hydrogen-bond acceptors (Lipinski definition) is 4. The summed E-state index contributed by atoms with van der Waals surface area (Å²) in [5, 5.41) is 9.11. The van der Waals surface area contributed by atoms with Crippen LogP contribution < -0.4 is 11.1 Å². The summed E-state index contributed by atoms with van der Waals surface area (Å²) >= 11 is 0. The molecule has 88 valence electrons. The SMILES string of the molecule is Cc1ccc(N)cc1C(=O)NCc1ncn[nH]1. The molecule has 0 unspecified atom stereocenters. The van der Waals surface area contributed by atoms with Gasteiger partial charge in [0, 0.05) is 11.3 Å². The van der Waals surface area contributed by atoms with Crippen LogP contribution in [-0.4, -0.2) is 21.1 Å². The molecule has 0 saturated heterocycles. The largest absolute Gasteiger partial charge is 0.399 e. The van der Waals surface area contributed by atoms with Crippen LogP contribution in [-0.2, 0) is 6.54 Å². The minimum Gasteiger partial charge on any atom is -0.399 e. The van der Waals surface area contributed by atoms with Crippen LogP contribution in [0.4, 0.5) is 5.69 Å². The summed E-state index contributed by atoms with van der Waals surface area (Å²) < 4.78 is 0. The van der Waals surface area contributed by atoms with Gasteiger partial charge in [-0.25, -0.2) is 4.98 Å². The van der Waals surface area contributed by atoms with Crippen molar-refractivity contribution in [3.8, 4) is 0 Å². The van der Waals surface area contributed by atoms with E-state index in [0.717, 1.165) is 5.56 Å². The first-order chi connectivity index (χ1) is 8.16. The van der Waals surface area contributed by atoms with Crippen LogP contribution in [0.2, 0.25) is 0 Å². The summed E-state index contributed by atoms with van der Waals surface area (Å²) in [6.45, 7) is 2.18. The number of anilines is 1. The normalized spacial score (nSPS) is 10.2. The van der Waals surface area contributed by atoms with E-state index in [1.54, 1.807) is 12.1 Å². The van der Waals surface area contributed by atoms with Gasteiger partial charge in [-0.1, -0.05) is 6.07 Å². The van der Waals surface area contributed by atoms with Crippen LogP contribution in [0.1, 0.15) is 21.7 Å². The molecule has 0 fully saturated rings. The van der Waals surface area contributed by atoms with Crippen molar-refractivity contribution in [1.29, 1.82) is 0 Å². The minimum atomic E-state index is -0.175. The van der Waals surface area contributed by atoms with Crippen LogP contribution in [0.15, 0.2) is 24.5 Å². The molecular formula is C11H13N5O. The first-order valence-electron chi connectivity index (χ1n) is 5.15. The second-order valence-electron chi connectivity index (χ2n) is 3.69. The molecule has 1 amide bonds. The highest BCUT2D eigenvalue weighted by Crippen LogP contribution is 2.12. The molecule has 0 spiro atoms. The number of nitrogen functional groups attached to an aromatic ring is 1. The van der Waals surface area contributed by atoms with Crippen molar-refractivity contribution in [1.82, 2.24) is 20.5 Å². The molecule has 0 aliphatic rings. The highest BCUT2D eigenvalue weighted by atomic mass is 16.1. The number of carbonyl (C=O) groups excluding carboxylic acids is 1. The second kappa shape index (κ2) is 4.65. The van der Waals surface area contributed by atoms with Crippen LogP contribution in [0.5, 0.6) is 0 Å². The molecule has 0 bridgehead atoms. The number of carbonyl (C=O) groups is 1. The molecule has 2 rings (SSSR count). The number of H-pyrrole nitrogens is 1. The average molecular weight is 231 g/mol. The lowest BCUT2D eigenvalue weighted by Gasteiger charge is -2.07. The lowest BCUT2D eigenvalue weighted by atomic mass is 10.1. The van der Waals surface area contributed by atoms with Gasteiger partial charge in [-0.3, -0.25) is 9.89 Å². The third-order valence-corrected chi connectivity index (χ3v) is 2.39. The van der Waals surface area contributed by atoms with Gasteiger partial charge in [0.2, 0.25) is 0 Å². The number of amides is 1. The third-order valence-electron chi connectivity index (χ3n) is 2.39. The van der Waals surface area contributed by atoms with Crippen molar-refractivity contribution in [3.05, 3.63) is 41.5 Å². The number of nitrogens with two attached hydrogens (primary N) is 1. The molecule has 1 aromatic heterocycles. The summed E-state index contributed by atoms with van der Waals surface area (Å²) in [6, 6.07) is 5.24. The fourth-order valence-electron chi connectivity index (χ4n) is 1.46. The first-order valence-corrected chi connectivity index (χ1v) is 5.15. The Morgan fingerprint density at radius 2 is 2.35 bits per heavy atom. The summed E-state index contributed by atoms with van der Waals surface area (Å²) in [6.07, 6.45) is 1.40. The summed E-state index contributed by atoms with van der Waals surface area (Å²) in [5.41, 5.74) is 7.67. The maximum Gasteiger partial charge on any atom is 0.251 e. The number of nitrogens with zero attached hydrogens (tertiary/aromatic N) is 2. The molecule has 0 radical (unpaired) electrons. The zero-order valence-corrected chi connectivity index (χ0v) is 9.40. The van der Waals surface area contributed by atoms with E-state index in [9.17, 15) is 4.79 Å². The Balaban J connectivity index is 2.07. The number of aromatic amines is 1. The number of aromatic nitrogens is 3. The number of nitrogens with one attached hydrogen (secondary N) is 2. The molecule has 0 aliphatic carbocycles. The maximum atomic E-state index is 11.9. The predicted molar refractivity (Wildman–Crippen MR) is 63.1 cm³/mol. The fourth-order valence-corrected chi connectivity index (χ4v) is 1.46. The Bertz CT molecular complexity index is 521. The van der Waals surface area contributed by atoms with Gasteiger partial charge < -0.3 is 11.1 Å². The third kappa shape index (κ3) is 2.60. The van der Waals surface area contributed by atoms with Gasteiger partial charge in [-0.15, -0.1) is 0 Å². The Hall–Kier alpha value is -2.37. The van der Waals surface area contributed by atoms with E-state index >= 15 is 0 Å². The van der Waals surface area contributed by atoms with Crippen molar-refractivity contribution in [2.24, 2.45) is 0 Å². The Labute approximate surface area is 98.3 Å². The summed E-state index contributed by atoms with van der Waals surface area (Å²) in [4.78, 5) is 15.8. The number of aryl methyl sites for hydroxylation is 1. The molecule has 2 aromatic rings. The summed E-state index contributed by atoms with van der Waals surface area (Å²) in [7, 11) is 0. The molecule has 4 N–H and O–H groups in total. The Morgan fingerprint density at radius 3 is 3.06 bits per heavy atom. The topological polar surface area (TPSA) is 96.7 Å². The molecule has 0 saturated carbocycles. The van der Waals surface area contributed by atoms with Gasteiger partial charge in [0.1, 0.15) is 12.2 Å². The van der Waals surface area contributed by atoms with Gasteiger partial charge in [0.05, 0.1) is 6.54 Å². The standard InChI is InChI=1S/C11H13N5O/c1-7-2-3-8(12)4-9(7)11(17)13-5-10-14-6-15-16-10/h2-4,6H,5,12H2,1H3,(H,13,17)(H,14,15,16). The zero-order valence-electron chi connectivity index (χ0n) is 9.40. The van der Waals surface area contributed by atoms with Crippen molar-refractivity contribution in [2.45, 2.75) is 13.5 Å². The first kappa shape index (κ1) is 11.1. The van der Waals surface area contributed by atoms with Crippen LogP contribution in [0, 0.1) is 6.92 Å². The molecule has 6 nitrogen and oxygen atoms in total. The van der Waals surface area contributed by atoms with Crippen LogP contribution in [0.3, 0.4) is 0 Å². The minimum absolute atomic E-state index is 0.175. The molecular weight excluding hydrogens is 218 g/mol. The number of benzene rings is 1. The predicted octanol–water partition coefficient (Wildman–Crippen LogP) is 0.625. The van der Waals surface area contributed by atoms with Crippen LogP contribution >= 0.6 is 0 Å². The number of rotatable bonds is 3. The smallest absolute Gasteiger partial charge is 0.251 e. The number of hydrogen-bond donors (Lipinski definition) is 3. The van der Waals surface area contributed by atoms with E-state index in [4.69, 9.17) is 5.73 Å². The van der Waals surface area contributed by atoms with Crippen molar-refractivity contribution < 1.29 is 4.79 Å². The quantitative estimate of drug-likeness (QED) is 0.675. The van der Waals surface area contributed by atoms with E-state index < -0.39 is 0 Å². The van der Waals surface area contributed by atoms with Crippen molar-refractivity contribution in [2.75, 3.05) is 5.73 Å². The second-order valence-corrected chi connectivity index (χ2v) is 3.69. The molecule has 0 atom stereocenters. The van der Waals surface area contributed by atoms with Gasteiger partial charge in [-0.2, -0.15) is 5.10 Å². The average Bonchev–Trinajstić information content (AvgIpc) is 2.82. The molecule has 6 heteroatoms. The van der Waals surface area contributed by atoms with E-state index in [1.165, 1.54) is 6.33 Å². The molecule has 1 heterocycles. The maximum absolute atomic E-state index is 11.9. The lowest BCUT2D eigenvalue weighted by Crippen LogP contribution is -2.24. The van der Waals surface area contributed by atoms with Gasteiger partial charge in [0.25, 0.3) is 5.91 Å². The van der Waals surface area contributed by atoms with Crippen molar-refractivity contribution >= 4 is 11.6 Å². The van der Waals surface area contributed by atoms with Gasteiger partial charge in [-0.05, 0) is 24.6 Å². The van der Waals surface area contributed by atoms with E-state index in [2.05, 4.69) is 20.5 Å². The lowest BCUT2D eigenvalue weighted by molar-refractivity contribution is 0.0949. The Morgan fingerprint density at radius 1 is 1.53 bits per heavy atom. The van der Waals surface area contributed by atoms with E-state index in [1.807, 2.05) is 13.0 Å². The molecule has 0 aliphatic heterocycles. The highest BCUT2D eigenvalue weighted by molar-refractivity contribution is 5.96. The van der Waals surface area contributed by atoms with Gasteiger partial charge >= 0.3 is 0 Å². The Kier molecular flexibility index (Phi) is 3.04. The van der Waals surface area contributed by atoms with E-state index in [-0.39, 0.29) is 5.91 Å².